The van der Waals surface area contributed by atoms with Gasteiger partial charge in [0, 0.05) is 9.50 Å². The molecular weight excluding hydrogens is 354 g/mol. The highest BCUT2D eigenvalue weighted by molar-refractivity contribution is 9.10. The molecule has 0 heterocycles. The molecule has 0 aliphatic carbocycles. The van der Waals surface area contributed by atoms with Crippen LogP contribution >= 0.6 is 39.1 Å². The number of hydrazine groups is 1. The van der Waals surface area contributed by atoms with Gasteiger partial charge in [0.05, 0.1) is 11.1 Å². The molecule has 2 rings (SSSR count). The van der Waals surface area contributed by atoms with Crippen LogP contribution in [0.2, 0.25) is 10.0 Å². The van der Waals surface area contributed by atoms with Crippen LogP contribution < -0.4 is 11.3 Å². The fourth-order valence-corrected chi connectivity index (χ4v) is 2.46. The maximum absolute atomic E-state index is 13.3. The Bertz CT molecular complexity index is 607. The van der Waals surface area contributed by atoms with Crippen molar-refractivity contribution in [1.29, 1.82) is 0 Å². The maximum Gasteiger partial charge on any atom is 0.123 e. The van der Waals surface area contributed by atoms with Gasteiger partial charge in [0.25, 0.3) is 0 Å². The Morgan fingerprint density at radius 1 is 1.11 bits per heavy atom. The van der Waals surface area contributed by atoms with Gasteiger partial charge in [-0.25, -0.2) is 9.82 Å². The van der Waals surface area contributed by atoms with Gasteiger partial charge in [-0.1, -0.05) is 29.3 Å². The predicted octanol–water partition coefficient (Wildman–Crippen LogP) is 4.45. The Labute approximate surface area is 128 Å². The molecule has 0 aliphatic rings. The molecule has 19 heavy (non-hydrogen) atoms. The van der Waals surface area contributed by atoms with Crippen LogP contribution in [0.15, 0.2) is 40.9 Å². The third-order valence-corrected chi connectivity index (χ3v) is 4.29. The van der Waals surface area contributed by atoms with Gasteiger partial charge in [-0.15, -0.1) is 0 Å². The molecule has 3 N–H and O–H groups in total. The van der Waals surface area contributed by atoms with Crippen molar-refractivity contribution in [2.45, 2.75) is 6.04 Å². The molecule has 0 aliphatic heterocycles. The third kappa shape index (κ3) is 3.27. The number of nitrogens with one attached hydrogen (secondary N) is 1. The van der Waals surface area contributed by atoms with Crippen molar-refractivity contribution in [3.8, 4) is 0 Å². The lowest BCUT2D eigenvalue weighted by Crippen LogP contribution is -2.29. The summed E-state index contributed by atoms with van der Waals surface area (Å²) in [4.78, 5) is 0. The predicted molar refractivity (Wildman–Crippen MR) is 79.7 cm³/mol. The van der Waals surface area contributed by atoms with Crippen molar-refractivity contribution in [2.24, 2.45) is 5.84 Å². The molecule has 0 bridgehead atoms. The minimum absolute atomic E-state index is 0.372. The largest absolute Gasteiger partial charge is 0.271 e. The first-order valence-corrected chi connectivity index (χ1v) is 6.94. The van der Waals surface area contributed by atoms with E-state index in [1.807, 2.05) is 6.07 Å². The molecule has 0 aromatic heterocycles. The van der Waals surface area contributed by atoms with Crippen LogP contribution in [-0.4, -0.2) is 0 Å². The lowest BCUT2D eigenvalue weighted by atomic mass is 9.99. The highest BCUT2D eigenvalue weighted by Crippen LogP contribution is 2.32. The molecule has 0 saturated carbocycles. The van der Waals surface area contributed by atoms with E-state index >= 15 is 0 Å². The molecule has 100 valence electrons. The van der Waals surface area contributed by atoms with Gasteiger partial charge in [-0.2, -0.15) is 0 Å². The summed E-state index contributed by atoms with van der Waals surface area (Å²) in [5.41, 5.74) is 3.98. The fraction of sp³-hybridized carbons (Fsp3) is 0.0769. The van der Waals surface area contributed by atoms with Crippen LogP contribution in [0.25, 0.3) is 0 Å². The average molecular weight is 364 g/mol. The van der Waals surface area contributed by atoms with Gasteiger partial charge in [0.15, 0.2) is 0 Å². The van der Waals surface area contributed by atoms with Crippen LogP contribution in [0.1, 0.15) is 17.2 Å². The summed E-state index contributed by atoms with van der Waals surface area (Å²) < 4.78 is 14.1. The topological polar surface area (TPSA) is 38.0 Å². The third-order valence-electron chi connectivity index (χ3n) is 2.71. The van der Waals surface area contributed by atoms with Crippen molar-refractivity contribution in [2.75, 3.05) is 0 Å². The zero-order valence-electron chi connectivity index (χ0n) is 9.63. The number of nitrogens with two attached hydrogens (primary N) is 1. The summed E-state index contributed by atoms with van der Waals surface area (Å²) in [5.74, 6) is 5.19. The average Bonchev–Trinajstić information content (AvgIpc) is 2.38. The van der Waals surface area contributed by atoms with E-state index in [0.717, 1.165) is 10.0 Å². The number of benzene rings is 2. The second kappa shape index (κ2) is 6.20. The van der Waals surface area contributed by atoms with Crippen LogP contribution in [0.5, 0.6) is 0 Å². The first-order valence-electron chi connectivity index (χ1n) is 5.39. The highest BCUT2D eigenvalue weighted by atomic mass is 79.9. The summed E-state index contributed by atoms with van der Waals surface area (Å²) >= 11 is 15.5. The zero-order chi connectivity index (χ0) is 14.0. The van der Waals surface area contributed by atoms with Crippen molar-refractivity contribution < 1.29 is 4.39 Å². The Morgan fingerprint density at radius 2 is 1.84 bits per heavy atom. The Morgan fingerprint density at radius 3 is 2.47 bits per heavy atom. The Balaban J connectivity index is 2.49. The van der Waals surface area contributed by atoms with Crippen molar-refractivity contribution in [3.63, 3.8) is 0 Å². The number of rotatable bonds is 3. The Kier molecular flexibility index (Phi) is 4.81. The summed E-state index contributed by atoms with van der Waals surface area (Å²) in [6, 6.07) is 9.09. The van der Waals surface area contributed by atoms with Crippen LogP contribution in [-0.2, 0) is 0 Å². The van der Waals surface area contributed by atoms with Gasteiger partial charge >= 0.3 is 0 Å². The molecule has 0 amide bonds. The molecule has 1 atom stereocenters. The van der Waals surface area contributed by atoms with E-state index < -0.39 is 6.04 Å². The molecular formula is C13H10BrCl2FN2. The summed E-state index contributed by atoms with van der Waals surface area (Å²) in [6.45, 7) is 0. The highest BCUT2D eigenvalue weighted by Gasteiger charge is 2.17. The number of hydrogen-bond donors (Lipinski definition) is 2. The summed E-state index contributed by atoms with van der Waals surface area (Å²) in [7, 11) is 0. The molecule has 2 nitrogen and oxygen atoms in total. The van der Waals surface area contributed by atoms with E-state index in [-0.39, 0.29) is 5.82 Å². The monoisotopic (exact) mass is 362 g/mol. The van der Waals surface area contributed by atoms with Gasteiger partial charge in [-0.3, -0.25) is 5.84 Å². The molecule has 0 fully saturated rings. The second-order valence-electron chi connectivity index (χ2n) is 3.94. The number of halogens is 4. The van der Waals surface area contributed by atoms with E-state index in [4.69, 9.17) is 29.0 Å². The van der Waals surface area contributed by atoms with E-state index in [1.54, 1.807) is 12.1 Å². The standard InChI is InChI=1S/C13H10BrCl2FN2/c14-10-3-1-7(5-12(10)16)13(19-18)9-6-8(17)2-4-11(9)15/h1-6,13,19H,18H2. The minimum Gasteiger partial charge on any atom is -0.271 e. The quantitative estimate of drug-likeness (QED) is 0.624. The SMILES string of the molecule is NNC(c1ccc(Br)c(Cl)c1)c1cc(F)ccc1Cl. The van der Waals surface area contributed by atoms with Crippen molar-refractivity contribution in [3.05, 3.63) is 67.9 Å². The second-order valence-corrected chi connectivity index (χ2v) is 5.61. The van der Waals surface area contributed by atoms with Crippen LogP contribution in [0.3, 0.4) is 0 Å². The van der Waals surface area contributed by atoms with E-state index in [1.165, 1.54) is 18.2 Å². The first kappa shape index (κ1) is 14.8. The first-order chi connectivity index (χ1) is 9.02. The van der Waals surface area contributed by atoms with Crippen molar-refractivity contribution in [1.82, 2.24) is 5.43 Å². The number of hydrogen-bond acceptors (Lipinski definition) is 2. The van der Waals surface area contributed by atoms with E-state index in [0.29, 0.717) is 15.6 Å². The van der Waals surface area contributed by atoms with Gasteiger partial charge in [0.2, 0.25) is 0 Å². The molecule has 0 spiro atoms. The van der Waals surface area contributed by atoms with E-state index in [9.17, 15) is 4.39 Å². The van der Waals surface area contributed by atoms with Gasteiger partial charge in [0.1, 0.15) is 5.82 Å². The van der Waals surface area contributed by atoms with Gasteiger partial charge < -0.3 is 0 Å². The van der Waals surface area contributed by atoms with Crippen molar-refractivity contribution >= 4 is 39.1 Å². The minimum atomic E-state index is -0.436. The molecule has 2 aromatic rings. The molecule has 6 heteroatoms. The lowest BCUT2D eigenvalue weighted by molar-refractivity contribution is 0.605. The van der Waals surface area contributed by atoms with E-state index in [2.05, 4.69) is 21.4 Å². The molecule has 1 unspecified atom stereocenters. The van der Waals surface area contributed by atoms with Crippen LogP contribution in [0, 0.1) is 5.82 Å². The fourth-order valence-electron chi connectivity index (χ4n) is 1.79. The lowest BCUT2D eigenvalue weighted by Gasteiger charge is -2.19. The molecule has 2 aromatic carbocycles. The smallest absolute Gasteiger partial charge is 0.123 e. The summed E-state index contributed by atoms with van der Waals surface area (Å²) in [6.07, 6.45) is 0. The molecule has 0 radical (unpaired) electrons. The summed E-state index contributed by atoms with van der Waals surface area (Å²) in [5, 5.41) is 0.980. The normalized spacial score (nSPS) is 12.5. The zero-order valence-corrected chi connectivity index (χ0v) is 12.7. The van der Waals surface area contributed by atoms with Gasteiger partial charge in [-0.05, 0) is 57.4 Å². The molecule has 0 saturated heterocycles. The Hall–Kier alpha value is -0.650. The maximum atomic E-state index is 13.3. The van der Waals surface area contributed by atoms with Crippen LogP contribution in [0.4, 0.5) is 4.39 Å².